The van der Waals surface area contributed by atoms with Gasteiger partial charge in [-0.2, -0.15) is 0 Å². The smallest absolute Gasteiger partial charge is 0.275 e. The van der Waals surface area contributed by atoms with E-state index in [1.165, 1.54) is 13.3 Å². The van der Waals surface area contributed by atoms with Crippen molar-refractivity contribution in [3.8, 4) is 5.75 Å². The maximum absolute atomic E-state index is 12.0. The van der Waals surface area contributed by atoms with Crippen LogP contribution in [-0.4, -0.2) is 29.6 Å². The van der Waals surface area contributed by atoms with Crippen molar-refractivity contribution in [3.63, 3.8) is 0 Å². The number of halogens is 2. The van der Waals surface area contributed by atoms with Gasteiger partial charge in [0, 0.05) is 35.6 Å². The first-order valence-electron chi connectivity index (χ1n) is 7.05. The lowest BCUT2D eigenvalue weighted by Crippen LogP contribution is -2.23. The Balaban J connectivity index is 2.15. The van der Waals surface area contributed by atoms with Crippen molar-refractivity contribution in [2.24, 2.45) is 0 Å². The molecule has 0 saturated carbocycles. The first-order valence-corrected chi connectivity index (χ1v) is 7.81. The zero-order chi connectivity index (χ0) is 17.5. The minimum Gasteiger partial charge on any atom is -0.497 e. The van der Waals surface area contributed by atoms with Gasteiger partial charge in [-0.1, -0.05) is 11.6 Å². The van der Waals surface area contributed by atoms with E-state index in [2.05, 4.69) is 20.8 Å². The van der Waals surface area contributed by atoms with Crippen molar-refractivity contribution in [2.45, 2.75) is 13.5 Å². The number of anilines is 1. The summed E-state index contributed by atoms with van der Waals surface area (Å²) in [6, 6.07) is 5.03. The van der Waals surface area contributed by atoms with Gasteiger partial charge in [0.1, 0.15) is 10.9 Å². The Morgan fingerprint density at radius 1 is 1.29 bits per heavy atom. The lowest BCUT2D eigenvalue weighted by Gasteiger charge is -2.12. The first kappa shape index (κ1) is 18.3. The lowest BCUT2D eigenvalue weighted by atomic mass is 10.1. The maximum Gasteiger partial charge on any atom is 0.275 e. The van der Waals surface area contributed by atoms with E-state index in [1.807, 2.05) is 0 Å². The number of ether oxygens (including phenoxy) is 1. The van der Waals surface area contributed by atoms with Crippen LogP contribution in [0.15, 0.2) is 24.4 Å². The van der Waals surface area contributed by atoms with Gasteiger partial charge in [-0.15, -0.1) is 0 Å². The summed E-state index contributed by atoms with van der Waals surface area (Å²) >= 11 is 11.7. The van der Waals surface area contributed by atoms with Gasteiger partial charge in [-0.3, -0.25) is 9.63 Å². The molecule has 0 spiro atoms. The fourth-order valence-electron chi connectivity index (χ4n) is 1.83. The van der Waals surface area contributed by atoms with Crippen molar-refractivity contribution in [3.05, 3.63) is 46.0 Å². The summed E-state index contributed by atoms with van der Waals surface area (Å²) in [6.45, 7) is 2.50. The molecule has 0 aliphatic heterocycles. The van der Waals surface area contributed by atoms with Crippen molar-refractivity contribution in [2.75, 3.05) is 19.0 Å². The van der Waals surface area contributed by atoms with Crippen LogP contribution in [-0.2, 0) is 11.4 Å². The van der Waals surface area contributed by atoms with Gasteiger partial charge in [-0.25, -0.2) is 15.4 Å². The Morgan fingerprint density at radius 2 is 2.08 bits per heavy atom. The summed E-state index contributed by atoms with van der Waals surface area (Å²) in [7, 11) is 1.52. The quantitative estimate of drug-likeness (QED) is 0.442. The summed E-state index contributed by atoms with van der Waals surface area (Å²) in [6.07, 6.45) is 1.54. The third-order valence-corrected chi connectivity index (χ3v) is 3.49. The number of nitrogens with one attached hydrogen (secondary N) is 2. The average Bonchev–Trinajstić information content (AvgIpc) is 2.58. The number of rotatable bonds is 7. The first-order chi connectivity index (χ1) is 11.5. The molecule has 7 nitrogen and oxygen atoms in total. The molecule has 128 valence electrons. The van der Waals surface area contributed by atoms with Gasteiger partial charge in [0.05, 0.1) is 13.7 Å². The number of nitrogens with zero attached hydrogens (tertiary/aromatic N) is 2. The molecule has 24 heavy (non-hydrogen) atoms. The van der Waals surface area contributed by atoms with E-state index >= 15 is 0 Å². The van der Waals surface area contributed by atoms with Crippen molar-refractivity contribution in [1.82, 2.24) is 15.4 Å². The van der Waals surface area contributed by atoms with Crippen LogP contribution >= 0.6 is 23.2 Å². The van der Waals surface area contributed by atoms with Gasteiger partial charge < -0.3 is 10.1 Å². The number of amides is 1. The number of hydrogen-bond donors (Lipinski definition) is 2. The van der Waals surface area contributed by atoms with Crippen LogP contribution in [0.2, 0.25) is 10.4 Å². The second kappa shape index (κ2) is 8.68. The molecule has 2 N–H and O–H groups in total. The third-order valence-electron chi connectivity index (χ3n) is 2.98. The van der Waals surface area contributed by atoms with E-state index in [4.69, 9.17) is 32.8 Å². The fraction of sp³-hybridized carbons (Fsp3) is 0.267. The lowest BCUT2D eigenvalue weighted by molar-refractivity contribution is 0.0364. The Kier molecular flexibility index (Phi) is 6.60. The zero-order valence-electron chi connectivity index (χ0n) is 13.1. The summed E-state index contributed by atoms with van der Waals surface area (Å²) in [4.78, 5) is 24.7. The zero-order valence-corrected chi connectivity index (χ0v) is 14.6. The summed E-state index contributed by atoms with van der Waals surface area (Å²) in [5.74, 6) is 0.159. The molecule has 0 radical (unpaired) electrons. The van der Waals surface area contributed by atoms with E-state index in [1.54, 1.807) is 25.1 Å². The van der Waals surface area contributed by atoms with Crippen LogP contribution in [0.1, 0.15) is 22.8 Å². The van der Waals surface area contributed by atoms with E-state index in [0.717, 1.165) is 0 Å². The number of hydroxylamine groups is 1. The Hall–Kier alpha value is -2.09. The molecule has 0 aliphatic carbocycles. The molecule has 0 bridgehead atoms. The summed E-state index contributed by atoms with van der Waals surface area (Å²) in [5.41, 5.74) is 4.07. The molecular weight excluding hydrogens is 355 g/mol. The second-order valence-corrected chi connectivity index (χ2v) is 5.32. The Morgan fingerprint density at radius 3 is 2.75 bits per heavy atom. The van der Waals surface area contributed by atoms with Gasteiger partial charge in [-0.05, 0) is 30.7 Å². The minimum absolute atomic E-state index is 0.0833. The molecule has 0 aliphatic rings. The molecule has 2 aromatic rings. The topological polar surface area (TPSA) is 85.4 Å². The second-order valence-electron chi connectivity index (χ2n) is 4.62. The minimum atomic E-state index is -0.369. The molecule has 2 rings (SSSR count). The third kappa shape index (κ3) is 4.95. The fourth-order valence-corrected chi connectivity index (χ4v) is 2.20. The van der Waals surface area contributed by atoms with E-state index in [-0.39, 0.29) is 16.3 Å². The predicted molar refractivity (Wildman–Crippen MR) is 91.5 cm³/mol. The van der Waals surface area contributed by atoms with E-state index in [0.29, 0.717) is 35.7 Å². The van der Waals surface area contributed by atoms with Crippen LogP contribution in [0.5, 0.6) is 5.75 Å². The Labute approximate surface area is 149 Å². The van der Waals surface area contributed by atoms with Crippen LogP contribution < -0.4 is 15.5 Å². The molecule has 1 amide bonds. The number of carbonyl (C=O) groups is 1. The average molecular weight is 371 g/mol. The standard InChI is InChI=1S/C15H16Cl2N4O3/c1-3-24-21-14(22)9-4-11(6-12(5-9)23-2)18-7-10-8-19-15(17)20-13(10)16/h4-6,8,18H,3,7H2,1-2H3,(H,21,22). The number of hydrogen-bond acceptors (Lipinski definition) is 6. The largest absolute Gasteiger partial charge is 0.497 e. The van der Waals surface area contributed by atoms with Gasteiger partial charge in [0.25, 0.3) is 5.91 Å². The highest BCUT2D eigenvalue weighted by Crippen LogP contribution is 2.22. The SMILES string of the molecule is CCONC(=O)c1cc(NCc2cnc(Cl)nc2Cl)cc(OC)c1. The predicted octanol–water partition coefficient (Wildman–Crippen LogP) is 3.09. The number of carbonyl (C=O) groups excluding carboxylic acids is 1. The van der Waals surface area contributed by atoms with Crippen LogP contribution in [0.4, 0.5) is 5.69 Å². The Bertz CT molecular complexity index is 728. The molecule has 0 fully saturated rings. The monoisotopic (exact) mass is 370 g/mol. The molecule has 0 atom stereocenters. The number of benzene rings is 1. The van der Waals surface area contributed by atoms with Crippen molar-refractivity contribution in [1.29, 1.82) is 0 Å². The van der Waals surface area contributed by atoms with Gasteiger partial charge >= 0.3 is 0 Å². The van der Waals surface area contributed by atoms with Gasteiger partial charge in [0.15, 0.2) is 0 Å². The highest BCUT2D eigenvalue weighted by molar-refractivity contribution is 6.32. The molecule has 1 aromatic carbocycles. The molecular formula is C15H16Cl2N4O3. The van der Waals surface area contributed by atoms with Crippen molar-refractivity contribution >= 4 is 34.8 Å². The maximum atomic E-state index is 12.0. The van der Waals surface area contributed by atoms with Crippen LogP contribution in [0.25, 0.3) is 0 Å². The highest BCUT2D eigenvalue weighted by atomic mass is 35.5. The van der Waals surface area contributed by atoms with Gasteiger partial charge in [0.2, 0.25) is 5.28 Å². The van der Waals surface area contributed by atoms with Crippen LogP contribution in [0, 0.1) is 0 Å². The number of aromatic nitrogens is 2. The molecule has 1 heterocycles. The molecule has 0 saturated heterocycles. The normalized spacial score (nSPS) is 10.3. The highest BCUT2D eigenvalue weighted by Gasteiger charge is 2.10. The molecule has 0 unspecified atom stereocenters. The number of methoxy groups -OCH3 is 1. The summed E-state index contributed by atoms with van der Waals surface area (Å²) < 4.78 is 5.21. The summed E-state index contributed by atoms with van der Waals surface area (Å²) in [5, 5.41) is 3.49. The molecule has 9 heteroatoms. The van der Waals surface area contributed by atoms with Crippen LogP contribution in [0.3, 0.4) is 0 Å². The van der Waals surface area contributed by atoms with E-state index in [9.17, 15) is 4.79 Å². The van der Waals surface area contributed by atoms with E-state index < -0.39 is 0 Å². The molecule has 1 aromatic heterocycles. The van der Waals surface area contributed by atoms with Crippen molar-refractivity contribution < 1.29 is 14.4 Å².